The van der Waals surface area contributed by atoms with Gasteiger partial charge >= 0.3 is 12.1 Å². The second-order valence-corrected chi connectivity index (χ2v) is 5.32. The minimum atomic E-state index is -0.574. The van der Waals surface area contributed by atoms with Crippen molar-refractivity contribution in [1.82, 2.24) is 5.32 Å². The number of esters is 1. The van der Waals surface area contributed by atoms with Crippen LogP contribution in [0.3, 0.4) is 0 Å². The van der Waals surface area contributed by atoms with E-state index >= 15 is 0 Å². The molecule has 0 aliphatic carbocycles. The van der Waals surface area contributed by atoms with Crippen molar-refractivity contribution >= 4 is 12.1 Å². The molecule has 5 nitrogen and oxygen atoms in total. The maximum Gasteiger partial charge on any atom is 0.407 e. The van der Waals surface area contributed by atoms with Gasteiger partial charge < -0.3 is 14.8 Å². The summed E-state index contributed by atoms with van der Waals surface area (Å²) in [7, 11) is 1.34. The lowest BCUT2D eigenvalue weighted by Crippen LogP contribution is -2.45. The van der Waals surface area contributed by atoms with Gasteiger partial charge in [-0.05, 0) is 33.6 Å². The molecule has 1 N–H and O–H groups in total. The summed E-state index contributed by atoms with van der Waals surface area (Å²) in [6.07, 6.45) is 2.17. The molecule has 0 aliphatic heterocycles. The first-order chi connectivity index (χ1) is 8.75. The molecule has 0 heterocycles. The molecule has 19 heavy (non-hydrogen) atoms. The van der Waals surface area contributed by atoms with E-state index in [1.54, 1.807) is 26.8 Å². The summed E-state index contributed by atoms with van der Waals surface area (Å²) in [6.45, 7) is 10.9. The fraction of sp³-hybridized carbons (Fsp3) is 0.714. The first-order valence-corrected chi connectivity index (χ1v) is 6.43. The van der Waals surface area contributed by atoms with Gasteiger partial charge in [-0.3, -0.25) is 4.79 Å². The smallest absolute Gasteiger partial charge is 0.407 e. The van der Waals surface area contributed by atoms with Gasteiger partial charge in [0.15, 0.2) is 0 Å². The van der Waals surface area contributed by atoms with E-state index in [1.807, 2.05) is 6.92 Å². The molecule has 1 amide bonds. The number of amides is 1. The largest absolute Gasteiger partial charge is 0.469 e. The van der Waals surface area contributed by atoms with Gasteiger partial charge in [-0.15, -0.1) is 6.58 Å². The topological polar surface area (TPSA) is 64.6 Å². The van der Waals surface area contributed by atoms with E-state index in [9.17, 15) is 9.59 Å². The van der Waals surface area contributed by atoms with Gasteiger partial charge in [-0.25, -0.2) is 4.79 Å². The summed E-state index contributed by atoms with van der Waals surface area (Å²) in [5, 5.41) is 2.71. The van der Waals surface area contributed by atoms with Crippen molar-refractivity contribution in [1.29, 1.82) is 0 Å². The maximum absolute atomic E-state index is 11.8. The van der Waals surface area contributed by atoms with Crippen LogP contribution in [0.4, 0.5) is 4.79 Å². The number of rotatable bonds is 6. The lowest BCUT2D eigenvalue weighted by atomic mass is 9.94. The first kappa shape index (κ1) is 17.5. The highest BCUT2D eigenvalue weighted by Crippen LogP contribution is 2.16. The summed E-state index contributed by atoms with van der Waals surface area (Å²) in [6, 6.07) is -0.371. The van der Waals surface area contributed by atoms with E-state index in [4.69, 9.17) is 9.47 Å². The molecule has 2 atom stereocenters. The van der Waals surface area contributed by atoms with Crippen molar-refractivity contribution in [3.8, 4) is 0 Å². The molecule has 0 radical (unpaired) electrons. The third kappa shape index (κ3) is 6.84. The summed E-state index contributed by atoms with van der Waals surface area (Å²) in [5.74, 6) is -0.749. The van der Waals surface area contributed by atoms with Gasteiger partial charge in [0.05, 0.1) is 13.0 Å². The van der Waals surface area contributed by atoms with Gasteiger partial charge in [0.25, 0.3) is 0 Å². The Morgan fingerprint density at radius 2 is 1.95 bits per heavy atom. The number of ether oxygens (including phenoxy) is 2. The number of hydrogen-bond donors (Lipinski definition) is 1. The molecule has 0 saturated carbocycles. The van der Waals surface area contributed by atoms with Gasteiger partial charge in [0.1, 0.15) is 5.60 Å². The zero-order chi connectivity index (χ0) is 15.1. The minimum absolute atomic E-state index is 0.342. The molecule has 0 rings (SSSR count). The molecule has 0 bridgehead atoms. The number of alkyl carbamates (subject to hydrolysis) is 1. The lowest BCUT2D eigenvalue weighted by molar-refractivity contribution is -0.146. The van der Waals surface area contributed by atoms with Crippen LogP contribution in [0.15, 0.2) is 12.7 Å². The third-order valence-corrected chi connectivity index (χ3v) is 2.55. The second kappa shape index (κ2) is 7.81. The van der Waals surface area contributed by atoms with Crippen LogP contribution in [0.1, 0.15) is 40.5 Å². The van der Waals surface area contributed by atoms with Crippen LogP contribution in [-0.2, 0) is 14.3 Å². The van der Waals surface area contributed by atoms with E-state index < -0.39 is 17.6 Å². The van der Waals surface area contributed by atoms with Crippen molar-refractivity contribution in [2.24, 2.45) is 5.92 Å². The number of carbonyl (C=O) groups is 2. The normalized spacial score (nSPS) is 14.2. The summed E-state index contributed by atoms with van der Waals surface area (Å²) in [5.41, 5.74) is -0.574. The Kier molecular flexibility index (Phi) is 7.19. The Balaban J connectivity index is 4.76. The Hall–Kier alpha value is -1.52. The predicted molar refractivity (Wildman–Crippen MR) is 73.8 cm³/mol. The molecule has 0 aliphatic rings. The molecule has 110 valence electrons. The number of nitrogens with one attached hydrogen (secondary N) is 1. The SMILES string of the molecule is C=CC[C@H](NC(=O)OC(C)(C)C)[C@H](CC)C(=O)OC. The van der Waals surface area contributed by atoms with E-state index in [-0.39, 0.29) is 12.0 Å². The van der Waals surface area contributed by atoms with Gasteiger partial charge in [-0.1, -0.05) is 13.0 Å². The Morgan fingerprint density at radius 1 is 1.37 bits per heavy atom. The molecular formula is C14H25NO4. The highest BCUT2D eigenvalue weighted by Gasteiger charge is 2.29. The first-order valence-electron chi connectivity index (χ1n) is 6.43. The number of carbonyl (C=O) groups excluding carboxylic acids is 2. The van der Waals surface area contributed by atoms with Gasteiger partial charge in [0.2, 0.25) is 0 Å². The Labute approximate surface area is 115 Å². The monoisotopic (exact) mass is 271 g/mol. The molecule has 5 heteroatoms. The van der Waals surface area contributed by atoms with E-state index in [0.29, 0.717) is 12.8 Å². The van der Waals surface area contributed by atoms with Crippen molar-refractivity contribution in [2.75, 3.05) is 7.11 Å². The summed E-state index contributed by atoms with van der Waals surface area (Å²) < 4.78 is 9.93. The number of hydrogen-bond acceptors (Lipinski definition) is 4. The zero-order valence-electron chi connectivity index (χ0n) is 12.5. The van der Waals surface area contributed by atoms with Crippen LogP contribution < -0.4 is 5.32 Å². The molecule has 0 aromatic rings. The predicted octanol–water partition coefficient (Wildman–Crippen LogP) is 2.66. The average molecular weight is 271 g/mol. The van der Waals surface area contributed by atoms with Crippen molar-refractivity contribution in [3.63, 3.8) is 0 Å². The number of methoxy groups -OCH3 is 1. The van der Waals surface area contributed by atoms with Crippen molar-refractivity contribution in [3.05, 3.63) is 12.7 Å². The highest BCUT2D eigenvalue weighted by atomic mass is 16.6. The molecule has 0 fully saturated rings. The van der Waals surface area contributed by atoms with Crippen LogP contribution in [0, 0.1) is 5.92 Å². The molecule has 0 spiro atoms. The zero-order valence-corrected chi connectivity index (χ0v) is 12.5. The van der Waals surface area contributed by atoms with Crippen LogP contribution in [0.2, 0.25) is 0 Å². The Morgan fingerprint density at radius 3 is 2.32 bits per heavy atom. The molecule has 0 aromatic carbocycles. The van der Waals surface area contributed by atoms with Crippen molar-refractivity contribution in [2.45, 2.75) is 52.2 Å². The standard InChI is InChI=1S/C14H25NO4/c1-7-9-11(10(8-2)12(16)18-6)15-13(17)19-14(3,4)5/h7,10-11H,1,8-9H2,2-6H3,(H,15,17)/t10-,11-/m0/s1. The molecule has 0 saturated heterocycles. The van der Waals surface area contributed by atoms with Crippen LogP contribution in [0.5, 0.6) is 0 Å². The molecule has 0 aromatic heterocycles. The summed E-state index contributed by atoms with van der Waals surface area (Å²) >= 11 is 0. The third-order valence-electron chi connectivity index (χ3n) is 2.55. The fourth-order valence-corrected chi connectivity index (χ4v) is 1.73. The summed E-state index contributed by atoms with van der Waals surface area (Å²) in [4.78, 5) is 23.4. The molecular weight excluding hydrogens is 246 g/mol. The van der Waals surface area contributed by atoms with Gasteiger partial charge in [-0.2, -0.15) is 0 Å². The molecule has 0 unspecified atom stereocenters. The van der Waals surface area contributed by atoms with E-state index in [2.05, 4.69) is 11.9 Å². The lowest BCUT2D eigenvalue weighted by Gasteiger charge is -2.26. The second-order valence-electron chi connectivity index (χ2n) is 5.32. The quantitative estimate of drug-likeness (QED) is 0.596. The minimum Gasteiger partial charge on any atom is -0.469 e. The van der Waals surface area contributed by atoms with E-state index in [0.717, 1.165) is 0 Å². The van der Waals surface area contributed by atoms with Crippen LogP contribution in [0.25, 0.3) is 0 Å². The van der Waals surface area contributed by atoms with Gasteiger partial charge in [0, 0.05) is 6.04 Å². The van der Waals surface area contributed by atoms with Crippen molar-refractivity contribution < 1.29 is 19.1 Å². The Bertz CT molecular complexity index is 320. The fourth-order valence-electron chi connectivity index (χ4n) is 1.73. The van der Waals surface area contributed by atoms with Crippen LogP contribution in [-0.4, -0.2) is 30.8 Å². The average Bonchev–Trinajstić information content (AvgIpc) is 2.27. The maximum atomic E-state index is 11.8. The van der Waals surface area contributed by atoms with E-state index in [1.165, 1.54) is 7.11 Å². The highest BCUT2D eigenvalue weighted by molar-refractivity contribution is 5.75. The van der Waals surface area contributed by atoms with Crippen LogP contribution >= 0.6 is 0 Å².